The molecule has 2 rings (SSSR count). The minimum atomic E-state index is -0.303. The molecule has 1 aliphatic carbocycles. The van der Waals surface area contributed by atoms with Crippen LogP contribution >= 0.6 is 0 Å². The molecule has 0 saturated carbocycles. The molecular formula is C22H30O4. The van der Waals surface area contributed by atoms with E-state index in [0.29, 0.717) is 12.0 Å². The Hall–Kier alpha value is -2.10. The van der Waals surface area contributed by atoms with Crippen LogP contribution in [0.15, 0.2) is 47.1 Å². The Labute approximate surface area is 156 Å². The van der Waals surface area contributed by atoms with Gasteiger partial charge in [0.1, 0.15) is 12.2 Å². The number of carbonyl (C=O) groups excluding carboxylic acids is 2. The summed E-state index contributed by atoms with van der Waals surface area (Å²) in [6, 6.07) is 0. The maximum Gasteiger partial charge on any atom is 0.334 e. The molecule has 0 bridgehead atoms. The van der Waals surface area contributed by atoms with Crippen LogP contribution in [-0.2, 0) is 19.1 Å². The summed E-state index contributed by atoms with van der Waals surface area (Å²) in [6.07, 6.45) is 9.98. The van der Waals surface area contributed by atoms with Crippen molar-refractivity contribution in [2.24, 2.45) is 5.92 Å². The van der Waals surface area contributed by atoms with Crippen molar-refractivity contribution >= 4 is 11.9 Å². The standard InChI is InChI=1S/C22H30O4/c1-14-7-6-8-15(2)11-19(25-18(5)23)12-16(3)13-21-20(10-9-14)17(4)22(24)26-21/h7,11,13,19-21H,4,6,8-10,12H2,1-3,5H3. The molecule has 1 fully saturated rings. The Balaban J connectivity index is 2.30. The minimum absolute atomic E-state index is 0.00759. The Kier molecular flexibility index (Phi) is 7.01. The monoisotopic (exact) mass is 358 g/mol. The predicted octanol–water partition coefficient (Wildman–Crippen LogP) is 4.82. The second kappa shape index (κ2) is 9.02. The number of hydrogen-bond donors (Lipinski definition) is 0. The lowest BCUT2D eigenvalue weighted by Gasteiger charge is -2.19. The van der Waals surface area contributed by atoms with Gasteiger partial charge in [-0.3, -0.25) is 4.79 Å². The summed E-state index contributed by atoms with van der Waals surface area (Å²) in [4.78, 5) is 23.4. The summed E-state index contributed by atoms with van der Waals surface area (Å²) < 4.78 is 11.0. The van der Waals surface area contributed by atoms with Crippen LogP contribution in [0, 0.1) is 5.92 Å². The quantitative estimate of drug-likeness (QED) is 0.383. The van der Waals surface area contributed by atoms with E-state index in [4.69, 9.17) is 9.47 Å². The van der Waals surface area contributed by atoms with Crippen LogP contribution in [0.4, 0.5) is 0 Å². The molecule has 4 nitrogen and oxygen atoms in total. The van der Waals surface area contributed by atoms with Gasteiger partial charge in [0.25, 0.3) is 0 Å². The van der Waals surface area contributed by atoms with Crippen molar-refractivity contribution in [3.63, 3.8) is 0 Å². The smallest absolute Gasteiger partial charge is 0.334 e. The highest BCUT2D eigenvalue weighted by Crippen LogP contribution is 2.33. The third kappa shape index (κ3) is 5.72. The first kappa shape index (κ1) is 20.2. The zero-order chi connectivity index (χ0) is 19.3. The normalized spacial score (nSPS) is 28.2. The molecule has 1 saturated heterocycles. The van der Waals surface area contributed by atoms with Gasteiger partial charge in [-0.2, -0.15) is 0 Å². The lowest BCUT2D eigenvalue weighted by molar-refractivity contribution is -0.144. The van der Waals surface area contributed by atoms with Crippen molar-refractivity contribution in [2.75, 3.05) is 0 Å². The number of fused-ring (bicyclic) bond motifs is 1. The van der Waals surface area contributed by atoms with Crippen molar-refractivity contribution in [3.8, 4) is 0 Å². The van der Waals surface area contributed by atoms with Gasteiger partial charge in [0.2, 0.25) is 0 Å². The molecule has 4 heteroatoms. The number of allylic oxidation sites excluding steroid dienone is 3. The highest BCUT2D eigenvalue weighted by atomic mass is 16.6. The third-order valence-electron chi connectivity index (χ3n) is 4.99. The molecule has 0 spiro atoms. The molecule has 0 N–H and O–H groups in total. The number of ether oxygens (including phenoxy) is 2. The number of hydrogen-bond acceptors (Lipinski definition) is 4. The van der Waals surface area contributed by atoms with Crippen molar-refractivity contribution in [1.29, 1.82) is 0 Å². The topological polar surface area (TPSA) is 52.6 Å². The SMILES string of the molecule is C=C1C(=O)OC2C=C(C)CC(OC(C)=O)C=C(C)CCC=C(C)CCC12. The van der Waals surface area contributed by atoms with Crippen LogP contribution < -0.4 is 0 Å². The largest absolute Gasteiger partial charge is 0.458 e. The van der Waals surface area contributed by atoms with Gasteiger partial charge in [0, 0.05) is 24.8 Å². The van der Waals surface area contributed by atoms with Gasteiger partial charge in [-0.1, -0.05) is 29.4 Å². The van der Waals surface area contributed by atoms with E-state index in [9.17, 15) is 9.59 Å². The van der Waals surface area contributed by atoms with Crippen LogP contribution in [0.2, 0.25) is 0 Å². The van der Waals surface area contributed by atoms with Crippen molar-refractivity contribution in [2.45, 2.75) is 72.0 Å². The number of carbonyl (C=O) groups is 2. The van der Waals surface area contributed by atoms with Gasteiger partial charge in [-0.25, -0.2) is 4.79 Å². The Morgan fingerprint density at radius 1 is 1.15 bits per heavy atom. The molecule has 26 heavy (non-hydrogen) atoms. The average molecular weight is 358 g/mol. The molecule has 0 radical (unpaired) electrons. The lowest BCUT2D eigenvalue weighted by Crippen LogP contribution is -2.18. The predicted molar refractivity (Wildman–Crippen MR) is 102 cm³/mol. The van der Waals surface area contributed by atoms with E-state index >= 15 is 0 Å². The van der Waals surface area contributed by atoms with Gasteiger partial charge in [0.05, 0.1) is 0 Å². The summed E-state index contributed by atoms with van der Waals surface area (Å²) in [5.41, 5.74) is 4.13. The van der Waals surface area contributed by atoms with Crippen LogP contribution in [-0.4, -0.2) is 24.1 Å². The first-order valence-corrected chi connectivity index (χ1v) is 9.33. The van der Waals surface area contributed by atoms with E-state index in [0.717, 1.165) is 31.3 Å². The Morgan fingerprint density at radius 2 is 1.88 bits per heavy atom. The van der Waals surface area contributed by atoms with Crippen LogP contribution in [0.25, 0.3) is 0 Å². The van der Waals surface area contributed by atoms with Gasteiger partial charge in [-0.15, -0.1) is 0 Å². The maximum atomic E-state index is 12.0. The molecular weight excluding hydrogens is 328 g/mol. The highest BCUT2D eigenvalue weighted by molar-refractivity contribution is 5.91. The van der Waals surface area contributed by atoms with Crippen molar-refractivity contribution in [1.82, 2.24) is 0 Å². The van der Waals surface area contributed by atoms with Gasteiger partial charge < -0.3 is 9.47 Å². The molecule has 3 atom stereocenters. The van der Waals surface area contributed by atoms with Gasteiger partial charge in [-0.05, 0) is 58.6 Å². The summed E-state index contributed by atoms with van der Waals surface area (Å²) in [5, 5.41) is 0. The molecule has 0 amide bonds. The summed E-state index contributed by atoms with van der Waals surface area (Å²) in [5.74, 6) is -0.585. The fraction of sp³-hybridized carbons (Fsp3) is 0.545. The zero-order valence-electron chi connectivity index (χ0n) is 16.3. The fourth-order valence-electron chi connectivity index (χ4n) is 3.57. The maximum absolute atomic E-state index is 12.0. The van der Waals surface area contributed by atoms with Crippen LogP contribution in [0.3, 0.4) is 0 Å². The Morgan fingerprint density at radius 3 is 2.58 bits per heavy atom. The van der Waals surface area contributed by atoms with E-state index < -0.39 is 0 Å². The number of esters is 2. The fourth-order valence-corrected chi connectivity index (χ4v) is 3.57. The first-order chi connectivity index (χ1) is 12.3. The second-order valence-electron chi connectivity index (χ2n) is 7.51. The van der Waals surface area contributed by atoms with E-state index in [-0.39, 0.29) is 30.1 Å². The molecule has 0 aromatic rings. The lowest BCUT2D eigenvalue weighted by atomic mass is 9.88. The Bertz CT molecular complexity index is 666. The second-order valence-corrected chi connectivity index (χ2v) is 7.51. The minimum Gasteiger partial charge on any atom is -0.458 e. The molecule has 0 aromatic heterocycles. The molecule has 1 aliphatic heterocycles. The van der Waals surface area contributed by atoms with E-state index in [1.807, 2.05) is 19.1 Å². The molecule has 142 valence electrons. The molecule has 0 aromatic carbocycles. The van der Waals surface area contributed by atoms with E-state index in [1.54, 1.807) is 0 Å². The zero-order valence-corrected chi connectivity index (χ0v) is 16.3. The third-order valence-corrected chi connectivity index (χ3v) is 4.99. The van der Waals surface area contributed by atoms with Gasteiger partial charge in [0.15, 0.2) is 0 Å². The molecule has 2 aliphatic rings. The molecule has 3 unspecified atom stereocenters. The van der Waals surface area contributed by atoms with Gasteiger partial charge >= 0.3 is 11.9 Å². The van der Waals surface area contributed by atoms with E-state index in [1.165, 1.54) is 18.1 Å². The summed E-state index contributed by atoms with van der Waals surface area (Å²) in [6.45, 7) is 11.6. The highest BCUT2D eigenvalue weighted by Gasteiger charge is 2.37. The summed E-state index contributed by atoms with van der Waals surface area (Å²) >= 11 is 0. The summed E-state index contributed by atoms with van der Waals surface area (Å²) in [7, 11) is 0. The first-order valence-electron chi connectivity index (χ1n) is 9.33. The average Bonchev–Trinajstić information content (AvgIpc) is 2.77. The van der Waals surface area contributed by atoms with Crippen molar-refractivity contribution in [3.05, 3.63) is 47.1 Å². The van der Waals surface area contributed by atoms with E-state index in [2.05, 4.69) is 26.5 Å². The van der Waals surface area contributed by atoms with Crippen LogP contribution in [0.1, 0.15) is 59.8 Å². The number of rotatable bonds is 1. The van der Waals surface area contributed by atoms with Crippen LogP contribution in [0.5, 0.6) is 0 Å². The molecule has 1 heterocycles. The van der Waals surface area contributed by atoms with Crippen molar-refractivity contribution < 1.29 is 19.1 Å².